The van der Waals surface area contributed by atoms with E-state index < -0.39 is 0 Å². The molecule has 0 saturated carbocycles. The Hall–Kier alpha value is -1.48. The highest BCUT2D eigenvalue weighted by Crippen LogP contribution is 2.15. The quantitative estimate of drug-likeness (QED) is 0.709. The number of hydrogen-bond acceptors (Lipinski definition) is 2. The normalized spacial score (nSPS) is 10.3. The second-order valence-electron chi connectivity index (χ2n) is 3.31. The predicted molar refractivity (Wildman–Crippen MR) is 58.9 cm³/mol. The average molecular weight is 220 g/mol. The molecule has 0 aliphatic heterocycles. The number of benzene rings is 1. The van der Waals surface area contributed by atoms with Gasteiger partial charge in [0.1, 0.15) is 5.82 Å². The molecule has 1 heterocycles. The first kappa shape index (κ1) is 10.1. The van der Waals surface area contributed by atoms with Crippen LogP contribution in [0.25, 0.3) is 0 Å². The lowest BCUT2D eigenvalue weighted by molar-refractivity contribution is 0.103. The van der Waals surface area contributed by atoms with E-state index in [-0.39, 0.29) is 11.6 Å². The van der Waals surface area contributed by atoms with Crippen molar-refractivity contribution in [1.29, 1.82) is 0 Å². The Labute approximate surface area is 91.2 Å². The number of carbonyl (C=O) groups is 1. The van der Waals surface area contributed by atoms with Gasteiger partial charge in [0.05, 0.1) is 0 Å². The fraction of sp³-hybridized carbons (Fsp3) is 0.0833. The summed E-state index contributed by atoms with van der Waals surface area (Å²) in [4.78, 5) is 11.9. The lowest BCUT2D eigenvalue weighted by Crippen LogP contribution is -2.00. The zero-order chi connectivity index (χ0) is 10.8. The molecule has 3 heteroatoms. The summed E-state index contributed by atoms with van der Waals surface area (Å²) in [5.41, 5.74) is 1.69. The largest absolute Gasteiger partial charge is 0.289 e. The van der Waals surface area contributed by atoms with Gasteiger partial charge in [0, 0.05) is 16.5 Å². The number of carbonyl (C=O) groups excluding carboxylic acids is 1. The summed E-state index contributed by atoms with van der Waals surface area (Å²) in [6.07, 6.45) is 0. The van der Waals surface area contributed by atoms with Gasteiger partial charge in [-0.15, -0.1) is 0 Å². The summed E-state index contributed by atoms with van der Waals surface area (Å²) in [6.45, 7) is 1.65. The second-order valence-corrected chi connectivity index (χ2v) is 4.09. The molecule has 0 radical (unpaired) electrons. The molecule has 1 aromatic heterocycles. The van der Waals surface area contributed by atoms with E-state index in [0.29, 0.717) is 16.7 Å². The van der Waals surface area contributed by atoms with Crippen LogP contribution in [-0.4, -0.2) is 5.78 Å². The first-order chi connectivity index (χ1) is 7.18. The van der Waals surface area contributed by atoms with E-state index in [4.69, 9.17) is 0 Å². The Morgan fingerprint density at radius 3 is 2.67 bits per heavy atom. The van der Waals surface area contributed by atoms with Crippen molar-refractivity contribution >= 4 is 17.1 Å². The summed E-state index contributed by atoms with van der Waals surface area (Å²) >= 11 is 1.48. The molecule has 0 atom stereocenters. The van der Waals surface area contributed by atoms with Crippen molar-refractivity contribution in [3.05, 3.63) is 57.5 Å². The maximum absolute atomic E-state index is 13.0. The molecule has 0 aliphatic rings. The molecule has 1 nitrogen and oxygen atoms in total. The smallest absolute Gasteiger partial charge is 0.193 e. The number of aryl methyl sites for hydroxylation is 1. The van der Waals surface area contributed by atoms with Gasteiger partial charge in [-0.05, 0) is 42.1 Å². The molecule has 1 aromatic carbocycles. The van der Waals surface area contributed by atoms with Crippen molar-refractivity contribution in [1.82, 2.24) is 0 Å². The van der Waals surface area contributed by atoms with E-state index in [2.05, 4.69) is 0 Å². The molecule has 15 heavy (non-hydrogen) atoms. The highest BCUT2D eigenvalue weighted by atomic mass is 32.1. The topological polar surface area (TPSA) is 17.1 Å². The first-order valence-electron chi connectivity index (χ1n) is 4.51. The molecule has 0 amide bonds. The van der Waals surface area contributed by atoms with E-state index in [1.807, 2.05) is 5.38 Å². The van der Waals surface area contributed by atoms with Crippen LogP contribution in [0.4, 0.5) is 4.39 Å². The lowest BCUT2D eigenvalue weighted by Gasteiger charge is -2.01. The summed E-state index contributed by atoms with van der Waals surface area (Å²) in [6, 6.07) is 6.19. The third-order valence-corrected chi connectivity index (χ3v) is 2.89. The zero-order valence-corrected chi connectivity index (χ0v) is 8.98. The van der Waals surface area contributed by atoms with Crippen LogP contribution in [0.3, 0.4) is 0 Å². The van der Waals surface area contributed by atoms with Crippen LogP contribution in [0.15, 0.2) is 35.0 Å². The van der Waals surface area contributed by atoms with Crippen molar-refractivity contribution in [2.75, 3.05) is 0 Å². The fourth-order valence-electron chi connectivity index (χ4n) is 1.35. The molecule has 0 spiro atoms. The van der Waals surface area contributed by atoms with E-state index in [0.717, 1.165) is 0 Å². The third kappa shape index (κ3) is 1.97. The van der Waals surface area contributed by atoms with Crippen LogP contribution in [-0.2, 0) is 0 Å². The summed E-state index contributed by atoms with van der Waals surface area (Å²) < 4.78 is 13.0. The lowest BCUT2D eigenvalue weighted by atomic mass is 10.0. The molecule has 0 fully saturated rings. The van der Waals surface area contributed by atoms with Gasteiger partial charge < -0.3 is 0 Å². The maximum atomic E-state index is 13.0. The maximum Gasteiger partial charge on any atom is 0.193 e. The standard InChI is InChI=1S/C12H9FOS/c1-8-6-9(2-3-11(8)13)12(14)10-4-5-15-7-10/h2-7H,1H3. The fourth-order valence-corrected chi connectivity index (χ4v) is 1.98. The van der Waals surface area contributed by atoms with Crippen LogP contribution >= 0.6 is 11.3 Å². The van der Waals surface area contributed by atoms with Gasteiger partial charge in [-0.3, -0.25) is 4.79 Å². The molecule has 0 unspecified atom stereocenters. The molecule has 0 N–H and O–H groups in total. The Kier molecular flexibility index (Phi) is 2.64. The van der Waals surface area contributed by atoms with Crippen LogP contribution < -0.4 is 0 Å². The van der Waals surface area contributed by atoms with Crippen molar-refractivity contribution in [3.63, 3.8) is 0 Å². The van der Waals surface area contributed by atoms with Gasteiger partial charge >= 0.3 is 0 Å². The molecule has 2 rings (SSSR count). The minimum atomic E-state index is -0.281. The SMILES string of the molecule is Cc1cc(C(=O)c2ccsc2)ccc1F. The van der Waals surface area contributed by atoms with Gasteiger partial charge in [-0.25, -0.2) is 4.39 Å². The Bertz CT molecular complexity index is 488. The number of halogens is 1. The Balaban J connectivity index is 2.39. The van der Waals surface area contributed by atoms with E-state index in [1.165, 1.54) is 23.5 Å². The molecular weight excluding hydrogens is 211 g/mol. The number of hydrogen-bond donors (Lipinski definition) is 0. The highest BCUT2D eigenvalue weighted by molar-refractivity contribution is 7.08. The van der Waals surface area contributed by atoms with Crippen molar-refractivity contribution in [3.8, 4) is 0 Å². The van der Waals surface area contributed by atoms with Gasteiger partial charge in [0.25, 0.3) is 0 Å². The van der Waals surface area contributed by atoms with Crippen LogP contribution in [0.2, 0.25) is 0 Å². The average Bonchev–Trinajstić information content (AvgIpc) is 2.74. The summed E-state index contributed by atoms with van der Waals surface area (Å²) in [5.74, 6) is -0.337. The minimum Gasteiger partial charge on any atom is -0.289 e. The monoisotopic (exact) mass is 220 g/mol. The Morgan fingerprint density at radius 2 is 2.07 bits per heavy atom. The third-order valence-electron chi connectivity index (χ3n) is 2.20. The Morgan fingerprint density at radius 1 is 1.27 bits per heavy atom. The highest BCUT2D eigenvalue weighted by Gasteiger charge is 2.10. The summed E-state index contributed by atoms with van der Waals surface area (Å²) in [5, 5.41) is 3.64. The second kappa shape index (κ2) is 3.95. The molecule has 0 bridgehead atoms. The van der Waals surface area contributed by atoms with Crippen LogP contribution in [0.5, 0.6) is 0 Å². The predicted octanol–water partition coefficient (Wildman–Crippen LogP) is 3.43. The molecular formula is C12H9FOS. The minimum absolute atomic E-state index is 0.0562. The van der Waals surface area contributed by atoms with Crippen molar-refractivity contribution in [2.24, 2.45) is 0 Å². The molecule has 2 aromatic rings. The van der Waals surface area contributed by atoms with Gasteiger partial charge in [0.2, 0.25) is 0 Å². The van der Waals surface area contributed by atoms with Crippen molar-refractivity contribution < 1.29 is 9.18 Å². The van der Waals surface area contributed by atoms with Gasteiger partial charge in [-0.2, -0.15) is 11.3 Å². The molecule has 0 saturated heterocycles. The number of rotatable bonds is 2. The zero-order valence-electron chi connectivity index (χ0n) is 8.16. The van der Waals surface area contributed by atoms with Crippen LogP contribution in [0, 0.1) is 12.7 Å². The van der Waals surface area contributed by atoms with Crippen molar-refractivity contribution in [2.45, 2.75) is 6.92 Å². The van der Waals surface area contributed by atoms with E-state index in [1.54, 1.807) is 24.4 Å². The summed E-state index contributed by atoms with van der Waals surface area (Å²) in [7, 11) is 0. The van der Waals surface area contributed by atoms with Gasteiger partial charge in [0.15, 0.2) is 5.78 Å². The first-order valence-corrected chi connectivity index (χ1v) is 5.46. The van der Waals surface area contributed by atoms with E-state index in [9.17, 15) is 9.18 Å². The molecule has 76 valence electrons. The molecule has 0 aliphatic carbocycles. The number of ketones is 1. The van der Waals surface area contributed by atoms with Gasteiger partial charge in [-0.1, -0.05) is 0 Å². The van der Waals surface area contributed by atoms with Crippen LogP contribution in [0.1, 0.15) is 21.5 Å². The van der Waals surface area contributed by atoms with E-state index >= 15 is 0 Å². The number of thiophene rings is 1.